The summed E-state index contributed by atoms with van der Waals surface area (Å²) in [6.45, 7) is 4.91. The molecule has 10 heteroatoms. The van der Waals surface area contributed by atoms with E-state index in [0.29, 0.717) is 39.6 Å². The summed E-state index contributed by atoms with van der Waals surface area (Å²) in [5.74, 6) is -0.324. The van der Waals surface area contributed by atoms with Crippen molar-refractivity contribution in [2.45, 2.75) is 37.6 Å². The number of esters is 1. The van der Waals surface area contributed by atoms with Gasteiger partial charge in [-0.3, -0.25) is 4.98 Å². The van der Waals surface area contributed by atoms with Gasteiger partial charge < -0.3 is 19.2 Å². The van der Waals surface area contributed by atoms with Crippen LogP contribution < -0.4 is 4.74 Å². The van der Waals surface area contributed by atoms with Gasteiger partial charge in [0.2, 0.25) is 5.79 Å². The van der Waals surface area contributed by atoms with Gasteiger partial charge in [0.1, 0.15) is 17.2 Å². The number of carbonyl (C=O) groups excluding carboxylic acids is 1. The highest BCUT2D eigenvalue weighted by molar-refractivity contribution is 7.91. The summed E-state index contributed by atoms with van der Waals surface area (Å²) in [5.41, 5.74) is 2.38. The van der Waals surface area contributed by atoms with Crippen LogP contribution in [-0.2, 0) is 24.1 Å². The largest absolute Gasteiger partial charge is 0.457 e. The average molecular weight is 494 g/mol. The monoisotopic (exact) mass is 493 g/mol. The number of fused-ring (bicyclic) bond motifs is 1. The molecule has 3 heterocycles. The predicted molar refractivity (Wildman–Crippen MR) is 128 cm³/mol. The number of aromatic nitrogens is 3. The minimum atomic E-state index is -3.34. The van der Waals surface area contributed by atoms with Crippen LogP contribution in [0.25, 0.3) is 22.6 Å². The van der Waals surface area contributed by atoms with E-state index in [4.69, 9.17) is 14.2 Å². The van der Waals surface area contributed by atoms with Crippen LogP contribution >= 0.6 is 0 Å². The van der Waals surface area contributed by atoms with Gasteiger partial charge in [-0.2, -0.15) is 0 Å². The lowest BCUT2D eigenvalue weighted by Gasteiger charge is -2.17. The van der Waals surface area contributed by atoms with Gasteiger partial charge in [-0.25, -0.2) is 18.2 Å². The zero-order chi connectivity index (χ0) is 24.8. The lowest BCUT2D eigenvalue weighted by Crippen LogP contribution is -2.20. The van der Waals surface area contributed by atoms with Crippen LogP contribution in [0.5, 0.6) is 11.5 Å². The van der Waals surface area contributed by atoms with Gasteiger partial charge in [0, 0.05) is 31.7 Å². The third kappa shape index (κ3) is 4.50. The van der Waals surface area contributed by atoms with Gasteiger partial charge in [0.05, 0.1) is 21.7 Å². The number of ether oxygens (including phenoxy) is 3. The van der Waals surface area contributed by atoms with Crippen LogP contribution in [0.1, 0.15) is 32.4 Å². The minimum absolute atomic E-state index is 0.00268. The first kappa shape index (κ1) is 23.0. The quantitative estimate of drug-likeness (QED) is 0.388. The highest BCUT2D eigenvalue weighted by Crippen LogP contribution is 2.41. The number of pyridine rings is 1. The third-order valence-electron chi connectivity index (χ3n) is 5.56. The molecule has 4 aromatic rings. The van der Waals surface area contributed by atoms with Crippen molar-refractivity contribution in [2.24, 2.45) is 0 Å². The maximum absolute atomic E-state index is 12.6. The van der Waals surface area contributed by atoms with E-state index in [2.05, 4.69) is 15.0 Å². The van der Waals surface area contributed by atoms with Crippen LogP contribution in [0.2, 0.25) is 0 Å². The van der Waals surface area contributed by atoms with E-state index in [0.717, 1.165) is 0 Å². The zero-order valence-corrected chi connectivity index (χ0v) is 20.1. The van der Waals surface area contributed by atoms with Crippen molar-refractivity contribution in [1.82, 2.24) is 15.0 Å². The fourth-order valence-corrected chi connectivity index (χ4v) is 4.71. The van der Waals surface area contributed by atoms with Crippen LogP contribution in [-0.4, -0.2) is 40.9 Å². The molecule has 0 aliphatic carbocycles. The summed E-state index contributed by atoms with van der Waals surface area (Å²) in [6.07, 6.45) is 0.667. The first-order valence-electron chi connectivity index (χ1n) is 11.0. The number of carbonyl (C=O) groups is 1. The number of hydrogen-bond donors (Lipinski definition) is 1. The summed E-state index contributed by atoms with van der Waals surface area (Å²) in [7, 11) is -3.34. The van der Waals surface area contributed by atoms with Crippen molar-refractivity contribution in [2.75, 3.05) is 5.75 Å². The molecule has 1 atom stereocenters. The van der Waals surface area contributed by atoms with E-state index in [1.165, 1.54) is 12.1 Å². The molecule has 0 saturated carbocycles. The fourth-order valence-electron chi connectivity index (χ4n) is 3.82. The molecule has 35 heavy (non-hydrogen) atoms. The van der Waals surface area contributed by atoms with Crippen molar-refractivity contribution in [3.8, 4) is 23.0 Å². The molecule has 5 rings (SSSR count). The standard InChI is InChI=1S/C25H23N3O6S/c1-4-35(30,31)16-10-8-15(9-11-16)32-21-14-20-19(27-23(28-20)18-7-5-6-12-26-18)13-17(21)22-24(29)34-25(2,3)33-22/h5-14,22H,4H2,1-3H3,(H,27,28). The molecular weight excluding hydrogens is 470 g/mol. The Morgan fingerprint density at radius 3 is 2.51 bits per heavy atom. The number of cyclic esters (lactones) is 1. The van der Waals surface area contributed by atoms with Crippen LogP contribution in [0.4, 0.5) is 0 Å². The number of benzene rings is 2. The number of imidazole rings is 1. The van der Waals surface area contributed by atoms with E-state index in [1.807, 2.05) is 18.2 Å². The average Bonchev–Trinajstić information content (AvgIpc) is 3.38. The topological polar surface area (TPSA) is 120 Å². The molecule has 1 aliphatic rings. The van der Waals surface area contributed by atoms with Gasteiger partial charge in [0.25, 0.3) is 0 Å². The van der Waals surface area contributed by atoms with Crippen molar-refractivity contribution in [3.05, 3.63) is 66.4 Å². The van der Waals surface area contributed by atoms with Crippen molar-refractivity contribution < 1.29 is 27.4 Å². The molecule has 1 fully saturated rings. The highest BCUT2D eigenvalue weighted by atomic mass is 32.2. The molecule has 2 aromatic carbocycles. The molecule has 0 bridgehead atoms. The molecular formula is C25H23N3O6S. The number of nitrogens with zero attached hydrogens (tertiary/aromatic N) is 2. The second-order valence-electron chi connectivity index (χ2n) is 8.50. The normalized spacial score (nSPS) is 17.5. The molecule has 1 N–H and O–H groups in total. The van der Waals surface area contributed by atoms with E-state index in [1.54, 1.807) is 51.2 Å². The lowest BCUT2D eigenvalue weighted by molar-refractivity contribution is -0.160. The molecule has 1 aliphatic heterocycles. The van der Waals surface area contributed by atoms with Gasteiger partial charge in [0.15, 0.2) is 21.8 Å². The predicted octanol–water partition coefficient (Wildman–Crippen LogP) is 4.56. The Hall–Kier alpha value is -3.76. The number of aromatic amines is 1. The Morgan fingerprint density at radius 1 is 1.11 bits per heavy atom. The first-order valence-corrected chi connectivity index (χ1v) is 12.7. The first-order chi connectivity index (χ1) is 16.6. The summed E-state index contributed by atoms with van der Waals surface area (Å²) in [6, 6.07) is 15.1. The van der Waals surface area contributed by atoms with Gasteiger partial charge in [-0.1, -0.05) is 13.0 Å². The fraction of sp³-hybridized carbons (Fsp3) is 0.240. The van der Waals surface area contributed by atoms with Gasteiger partial charge in [-0.15, -0.1) is 0 Å². The van der Waals surface area contributed by atoms with E-state index < -0.39 is 27.7 Å². The Morgan fingerprint density at radius 2 is 1.89 bits per heavy atom. The Balaban J connectivity index is 1.58. The van der Waals surface area contributed by atoms with Crippen molar-refractivity contribution >= 4 is 26.8 Å². The molecule has 1 saturated heterocycles. The van der Waals surface area contributed by atoms with E-state index in [-0.39, 0.29) is 10.6 Å². The van der Waals surface area contributed by atoms with Crippen LogP contribution in [0, 0.1) is 0 Å². The second-order valence-corrected chi connectivity index (χ2v) is 10.8. The lowest BCUT2D eigenvalue weighted by atomic mass is 10.1. The number of nitrogens with one attached hydrogen (secondary N) is 1. The Labute approximate surface area is 202 Å². The number of rotatable bonds is 6. The second kappa shape index (κ2) is 8.47. The number of sulfone groups is 1. The molecule has 9 nitrogen and oxygen atoms in total. The Bertz CT molecular complexity index is 1510. The molecule has 0 radical (unpaired) electrons. The molecule has 0 amide bonds. The number of H-pyrrole nitrogens is 1. The summed E-state index contributed by atoms with van der Waals surface area (Å²) in [4.78, 5) is 25.0. The maximum Gasteiger partial charge on any atom is 0.342 e. The summed E-state index contributed by atoms with van der Waals surface area (Å²) in [5, 5.41) is 0. The highest BCUT2D eigenvalue weighted by Gasteiger charge is 2.43. The Kier molecular flexibility index (Phi) is 5.57. The zero-order valence-electron chi connectivity index (χ0n) is 19.3. The molecule has 1 unspecified atom stereocenters. The van der Waals surface area contributed by atoms with Gasteiger partial charge >= 0.3 is 5.97 Å². The van der Waals surface area contributed by atoms with Crippen molar-refractivity contribution in [3.63, 3.8) is 0 Å². The molecule has 2 aromatic heterocycles. The summed E-state index contributed by atoms with van der Waals surface area (Å²) >= 11 is 0. The SMILES string of the molecule is CCS(=O)(=O)c1ccc(Oc2cc3nc(-c4ccccn4)[nH]c3cc2C2OC(C)(C)OC2=O)cc1. The minimum Gasteiger partial charge on any atom is -0.457 e. The smallest absolute Gasteiger partial charge is 0.342 e. The third-order valence-corrected chi connectivity index (χ3v) is 7.31. The molecule has 0 spiro atoms. The number of hydrogen-bond acceptors (Lipinski definition) is 8. The summed E-state index contributed by atoms with van der Waals surface area (Å²) < 4.78 is 41.6. The van der Waals surface area contributed by atoms with Crippen LogP contribution in [0.3, 0.4) is 0 Å². The van der Waals surface area contributed by atoms with E-state index in [9.17, 15) is 13.2 Å². The van der Waals surface area contributed by atoms with E-state index >= 15 is 0 Å². The van der Waals surface area contributed by atoms with Crippen molar-refractivity contribution in [1.29, 1.82) is 0 Å². The van der Waals surface area contributed by atoms with Crippen LogP contribution in [0.15, 0.2) is 65.7 Å². The molecule has 180 valence electrons. The van der Waals surface area contributed by atoms with Gasteiger partial charge in [-0.05, 0) is 42.5 Å². The maximum atomic E-state index is 12.6.